The number of nitrogens with two attached hydrogens (primary N) is 1. The predicted molar refractivity (Wildman–Crippen MR) is 68.6 cm³/mol. The van der Waals surface area contributed by atoms with Crippen LogP contribution in [0, 0.1) is 11.8 Å². The molecule has 0 aromatic rings. The third kappa shape index (κ3) is 3.68. The molecule has 2 N–H and O–H groups in total. The minimum absolute atomic E-state index is 0.262. The molecule has 1 aliphatic rings. The first-order valence-corrected chi connectivity index (χ1v) is 6.53. The Bertz CT molecular complexity index is 264. The van der Waals surface area contributed by atoms with E-state index in [1.165, 1.54) is 7.11 Å². The maximum atomic E-state index is 11.9. The van der Waals surface area contributed by atoms with E-state index >= 15 is 0 Å². The van der Waals surface area contributed by atoms with Crippen LogP contribution in [0.2, 0.25) is 0 Å². The zero-order valence-electron chi connectivity index (χ0n) is 11.5. The first-order chi connectivity index (χ1) is 7.93. The summed E-state index contributed by atoms with van der Waals surface area (Å²) in [7, 11) is 1.42. The molecular weight excluding hydrogens is 216 g/mol. The molecule has 0 saturated heterocycles. The summed E-state index contributed by atoms with van der Waals surface area (Å²) < 4.78 is 4.88. The summed E-state index contributed by atoms with van der Waals surface area (Å²) in [5, 5.41) is 0. The molecule has 1 fully saturated rings. The molecular formula is C13H26N2O2. The lowest BCUT2D eigenvalue weighted by Gasteiger charge is -2.33. The first-order valence-electron chi connectivity index (χ1n) is 6.53. The molecule has 1 aliphatic carbocycles. The van der Waals surface area contributed by atoms with Crippen LogP contribution in [0.1, 0.15) is 33.6 Å². The highest BCUT2D eigenvalue weighted by atomic mass is 16.5. The van der Waals surface area contributed by atoms with E-state index < -0.39 is 5.54 Å². The Labute approximate surface area is 104 Å². The fraction of sp³-hybridized carbons (Fsp3) is 0.923. The summed E-state index contributed by atoms with van der Waals surface area (Å²) in [6.45, 7) is 8.96. The Hall–Kier alpha value is -0.610. The second-order valence-electron chi connectivity index (χ2n) is 5.53. The van der Waals surface area contributed by atoms with Gasteiger partial charge in [0.25, 0.3) is 0 Å². The summed E-state index contributed by atoms with van der Waals surface area (Å²) in [6, 6.07) is 0. The highest BCUT2D eigenvalue weighted by Crippen LogP contribution is 2.39. The van der Waals surface area contributed by atoms with E-state index in [9.17, 15) is 4.79 Å². The van der Waals surface area contributed by atoms with Crippen LogP contribution in [-0.4, -0.2) is 43.2 Å². The molecule has 1 unspecified atom stereocenters. The Kier molecular flexibility index (Phi) is 4.95. The molecule has 100 valence electrons. The van der Waals surface area contributed by atoms with Crippen LogP contribution >= 0.6 is 0 Å². The third-order valence-electron chi connectivity index (χ3n) is 3.43. The van der Waals surface area contributed by atoms with Gasteiger partial charge in [-0.15, -0.1) is 0 Å². The van der Waals surface area contributed by atoms with Crippen molar-refractivity contribution in [3.05, 3.63) is 0 Å². The summed E-state index contributed by atoms with van der Waals surface area (Å²) >= 11 is 0. The second kappa shape index (κ2) is 5.83. The smallest absolute Gasteiger partial charge is 0.327 e. The molecule has 0 bridgehead atoms. The lowest BCUT2D eigenvalue weighted by atomic mass is 9.93. The molecule has 1 rings (SSSR count). The molecule has 1 atom stereocenters. The SMILES string of the molecule is CCN(CC(C)C)CC(N)(C(=O)OC)C1CC1. The van der Waals surface area contributed by atoms with Crippen molar-refractivity contribution in [2.24, 2.45) is 17.6 Å². The van der Waals surface area contributed by atoms with Crippen molar-refractivity contribution in [3.63, 3.8) is 0 Å². The van der Waals surface area contributed by atoms with Crippen molar-refractivity contribution < 1.29 is 9.53 Å². The van der Waals surface area contributed by atoms with Crippen molar-refractivity contribution in [3.8, 4) is 0 Å². The number of likely N-dealkylation sites (N-methyl/N-ethyl adjacent to an activating group) is 1. The van der Waals surface area contributed by atoms with Crippen LogP contribution in [-0.2, 0) is 9.53 Å². The van der Waals surface area contributed by atoms with Gasteiger partial charge in [0, 0.05) is 13.1 Å². The molecule has 0 heterocycles. The van der Waals surface area contributed by atoms with Crippen molar-refractivity contribution in [2.45, 2.75) is 39.2 Å². The maximum Gasteiger partial charge on any atom is 0.327 e. The molecule has 4 heteroatoms. The monoisotopic (exact) mass is 242 g/mol. The van der Waals surface area contributed by atoms with Gasteiger partial charge in [-0.25, -0.2) is 0 Å². The molecule has 1 saturated carbocycles. The van der Waals surface area contributed by atoms with Gasteiger partial charge in [-0.2, -0.15) is 0 Å². The van der Waals surface area contributed by atoms with Gasteiger partial charge in [0.05, 0.1) is 7.11 Å². The number of ether oxygens (including phenoxy) is 1. The number of nitrogens with zero attached hydrogens (tertiary/aromatic N) is 1. The largest absolute Gasteiger partial charge is 0.468 e. The van der Waals surface area contributed by atoms with Crippen molar-refractivity contribution in [2.75, 3.05) is 26.7 Å². The van der Waals surface area contributed by atoms with Crippen LogP contribution in [0.15, 0.2) is 0 Å². The predicted octanol–water partition coefficient (Wildman–Crippen LogP) is 1.24. The quantitative estimate of drug-likeness (QED) is 0.683. The third-order valence-corrected chi connectivity index (χ3v) is 3.43. The zero-order chi connectivity index (χ0) is 13.1. The Morgan fingerprint density at radius 3 is 2.47 bits per heavy atom. The van der Waals surface area contributed by atoms with Gasteiger partial charge in [0.2, 0.25) is 0 Å². The maximum absolute atomic E-state index is 11.9. The van der Waals surface area contributed by atoms with Crippen LogP contribution in [0.4, 0.5) is 0 Å². The lowest BCUT2D eigenvalue weighted by Crippen LogP contribution is -2.58. The van der Waals surface area contributed by atoms with Crippen molar-refractivity contribution in [1.82, 2.24) is 4.90 Å². The van der Waals surface area contributed by atoms with E-state index in [4.69, 9.17) is 10.5 Å². The van der Waals surface area contributed by atoms with E-state index in [-0.39, 0.29) is 5.97 Å². The topological polar surface area (TPSA) is 55.6 Å². The van der Waals surface area contributed by atoms with E-state index in [0.717, 1.165) is 25.9 Å². The standard InChI is InChI=1S/C13H26N2O2/c1-5-15(8-10(2)3)9-13(14,11-6-7-11)12(16)17-4/h10-11H,5-9,14H2,1-4H3. The molecule has 0 amide bonds. The van der Waals surface area contributed by atoms with Gasteiger partial charge in [-0.05, 0) is 31.2 Å². The van der Waals surface area contributed by atoms with Gasteiger partial charge in [0.15, 0.2) is 0 Å². The minimum atomic E-state index is -0.806. The number of rotatable bonds is 7. The van der Waals surface area contributed by atoms with Gasteiger partial charge in [0.1, 0.15) is 5.54 Å². The molecule has 0 aliphatic heterocycles. The van der Waals surface area contributed by atoms with E-state index in [1.54, 1.807) is 0 Å². The fourth-order valence-electron chi connectivity index (χ4n) is 2.34. The Morgan fingerprint density at radius 1 is 1.53 bits per heavy atom. The molecule has 4 nitrogen and oxygen atoms in total. The average molecular weight is 242 g/mol. The van der Waals surface area contributed by atoms with Crippen LogP contribution in [0.25, 0.3) is 0 Å². The molecule has 0 spiro atoms. The minimum Gasteiger partial charge on any atom is -0.468 e. The number of esters is 1. The number of hydrogen-bond acceptors (Lipinski definition) is 4. The highest BCUT2D eigenvalue weighted by molar-refractivity contribution is 5.81. The van der Waals surface area contributed by atoms with Gasteiger partial charge in [-0.3, -0.25) is 4.79 Å². The number of carbonyl (C=O) groups excluding carboxylic acids is 1. The summed E-state index contributed by atoms with van der Waals surface area (Å²) in [5.41, 5.74) is 5.49. The second-order valence-corrected chi connectivity index (χ2v) is 5.53. The van der Waals surface area contributed by atoms with Gasteiger partial charge in [-0.1, -0.05) is 20.8 Å². The van der Waals surface area contributed by atoms with Crippen molar-refractivity contribution >= 4 is 5.97 Å². The van der Waals surface area contributed by atoms with E-state index in [2.05, 4.69) is 25.7 Å². The molecule has 0 aromatic heterocycles. The zero-order valence-corrected chi connectivity index (χ0v) is 11.5. The van der Waals surface area contributed by atoms with E-state index in [1.807, 2.05) is 0 Å². The lowest BCUT2D eigenvalue weighted by molar-refractivity contribution is -0.149. The Morgan fingerprint density at radius 2 is 2.12 bits per heavy atom. The molecule has 17 heavy (non-hydrogen) atoms. The molecule has 0 radical (unpaired) electrons. The van der Waals surface area contributed by atoms with Gasteiger partial charge < -0.3 is 15.4 Å². The first kappa shape index (κ1) is 14.5. The number of hydrogen-bond donors (Lipinski definition) is 1. The number of carbonyl (C=O) groups is 1. The van der Waals surface area contributed by atoms with Crippen molar-refractivity contribution in [1.29, 1.82) is 0 Å². The van der Waals surface area contributed by atoms with Crippen LogP contribution in [0.3, 0.4) is 0 Å². The summed E-state index contributed by atoms with van der Waals surface area (Å²) in [5.74, 6) is 0.620. The summed E-state index contributed by atoms with van der Waals surface area (Å²) in [4.78, 5) is 14.1. The van der Waals surface area contributed by atoms with Crippen LogP contribution in [0.5, 0.6) is 0 Å². The number of methoxy groups -OCH3 is 1. The fourth-order valence-corrected chi connectivity index (χ4v) is 2.34. The normalized spacial score (nSPS) is 19.5. The van der Waals surface area contributed by atoms with E-state index in [0.29, 0.717) is 18.4 Å². The van der Waals surface area contributed by atoms with Crippen LogP contribution < -0.4 is 5.73 Å². The van der Waals surface area contributed by atoms with Gasteiger partial charge >= 0.3 is 5.97 Å². The highest BCUT2D eigenvalue weighted by Gasteiger charge is 2.49. The molecule has 0 aromatic carbocycles. The summed E-state index contributed by atoms with van der Waals surface area (Å²) in [6.07, 6.45) is 2.09. The average Bonchev–Trinajstić information content (AvgIpc) is 3.10. The Balaban J connectivity index is 2.67.